The van der Waals surface area contributed by atoms with Crippen LogP contribution in [0.5, 0.6) is 0 Å². The third-order valence-corrected chi connectivity index (χ3v) is 1.94. The van der Waals surface area contributed by atoms with Gasteiger partial charge < -0.3 is 23.7 Å². The Morgan fingerprint density at radius 1 is 0.952 bits per heavy atom. The Balaban J connectivity index is 0. The van der Waals surface area contributed by atoms with Crippen molar-refractivity contribution in [2.45, 2.75) is 46.8 Å². The van der Waals surface area contributed by atoms with Crippen LogP contribution in [0.25, 0.3) is 0 Å². The molecule has 0 amide bonds. The highest BCUT2D eigenvalue weighted by molar-refractivity contribution is 5.65. The zero-order valence-electron chi connectivity index (χ0n) is 13.8. The lowest BCUT2D eigenvalue weighted by Crippen LogP contribution is -2.26. The minimum atomic E-state index is -0.763. The Morgan fingerprint density at radius 3 is 2.10 bits per heavy atom. The van der Waals surface area contributed by atoms with Gasteiger partial charge in [-0.15, -0.1) is 0 Å². The van der Waals surface area contributed by atoms with E-state index in [2.05, 4.69) is 0 Å². The van der Waals surface area contributed by atoms with E-state index in [0.29, 0.717) is 6.61 Å². The molecule has 0 rings (SSSR count). The molecule has 0 bridgehead atoms. The lowest BCUT2D eigenvalue weighted by atomic mass is 10.4. The zero-order chi connectivity index (χ0) is 16.7. The summed E-state index contributed by atoms with van der Waals surface area (Å²) in [6, 6.07) is 0. The fourth-order valence-corrected chi connectivity index (χ4v) is 1.02. The van der Waals surface area contributed by atoms with E-state index in [1.807, 2.05) is 13.8 Å². The molecule has 0 aliphatic carbocycles. The van der Waals surface area contributed by atoms with E-state index in [0.717, 1.165) is 0 Å². The lowest BCUT2D eigenvalue weighted by molar-refractivity contribution is -0.145. The van der Waals surface area contributed by atoms with E-state index in [1.54, 1.807) is 13.8 Å². The Morgan fingerprint density at radius 2 is 1.57 bits per heavy atom. The second-order valence-corrected chi connectivity index (χ2v) is 3.97. The number of ether oxygens (including phenoxy) is 5. The van der Waals surface area contributed by atoms with Crippen molar-refractivity contribution in [3.63, 3.8) is 0 Å². The van der Waals surface area contributed by atoms with Gasteiger partial charge in [0, 0.05) is 14.0 Å². The molecule has 2 atom stereocenters. The fraction of sp³-hybridized carbons (Fsp3) is 0.857. The zero-order valence-corrected chi connectivity index (χ0v) is 13.8. The van der Waals surface area contributed by atoms with Crippen molar-refractivity contribution in [2.24, 2.45) is 0 Å². The van der Waals surface area contributed by atoms with Crippen LogP contribution in [-0.4, -0.2) is 57.9 Å². The Hall–Kier alpha value is -1.34. The van der Waals surface area contributed by atoms with Gasteiger partial charge in [0.25, 0.3) is 0 Å². The maximum atomic E-state index is 11.2. The normalized spacial score (nSPS) is 12.5. The van der Waals surface area contributed by atoms with Crippen molar-refractivity contribution >= 4 is 12.1 Å². The first-order valence-electron chi connectivity index (χ1n) is 7.03. The van der Waals surface area contributed by atoms with Crippen LogP contribution < -0.4 is 0 Å². The summed E-state index contributed by atoms with van der Waals surface area (Å²) in [7, 11) is 1.51. The van der Waals surface area contributed by atoms with Gasteiger partial charge in [-0.05, 0) is 13.8 Å². The van der Waals surface area contributed by atoms with Crippen molar-refractivity contribution in [1.82, 2.24) is 0 Å². The monoisotopic (exact) mass is 308 g/mol. The molecule has 21 heavy (non-hydrogen) atoms. The molecule has 0 aromatic rings. The van der Waals surface area contributed by atoms with Crippen molar-refractivity contribution in [3.8, 4) is 0 Å². The van der Waals surface area contributed by atoms with E-state index in [9.17, 15) is 9.59 Å². The van der Waals surface area contributed by atoms with Crippen molar-refractivity contribution in [2.75, 3.05) is 33.5 Å². The van der Waals surface area contributed by atoms with Crippen molar-refractivity contribution in [3.05, 3.63) is 0 Å². The minimum absolute atomic E-state index is 0.145. The molecule has 0 fully saturated rings. The third kappa shape index (κ3) is 16.6. The number of esters is 1. The summed E-state index contributed by atoms with van der Waals surface area (Å²) in [4.78, 5) is 21.7. The van der Waals surface area contributed by atoms with E-state index in [-0.39, 0.29) is 31.9 Å². The van der Waals surface area contributed by atoms with Crippen LogP contribution >= 0.6 is 0 Å². The van der Waals surface area contributed by atoms with E-state index in [1.165, 1.54) is 14.0 Å². The number of hydrogen-bond donors (Lipinski definition) is 0. The van der Waals surface area contributed by atoms with Gasteiger partial charge in [0.2, 0.25) is 0 Å². The molecule has 0 spiro atoms. The first-order chi connectivity index (χ1) is 9.95. The minimum Gasteiger partial charge on any atom is -0.463 e. The van der Waals surface area contributed by atoms with Crippen LogP contribution in [0.3, 0.4) is 0 Å². The van der Waals surface area contributed by atoms with Crippen LogP contribution in [0.1, 0.15) is 34.6 Å². The second kappa shape index (κ2) is 15.1. The van der Waals surface area contributed by atoms with E-state index in [4.69, 9.17) is 23.7 Å². The molecule has 0 aromatic heterocycles. The molecular weight excluding hydrogens is 280 g/mol. The second-order valence-electron chi connectivity index (χ2n) is 3.97. The molecule has 0 aromatic carbocycles. The van der Waals surface area contributed by atoms with Crippen LogP contribution in [0, 0.1) is 0 Å². The number of carbonyl (C=O) groups is 2. The first-order valence-corrected chi connectivity index (χ1v) is 7.03. The maximum absolute atomic E-state index is 11.2. The predicted octanol–water partition coefficient (Wildman–Crippen LogP) is 2.17. The van der Waals surface area contributed by atoms with Gasteiger partial charge in [-0.25, -0.2) is 4.79 Å². The van der Waals surface area contributed by atoms with Crippen LogP contribution in [0.2, 0.25) is 0 Å². The Bertz CT molecular complexity index is 268. The molecule has 7 heteroatoms. The molecule has 2 unspecified atom stereocenters. The van der Waals surface area contributed by atoms with Gasteiger partial charge in [0.1, 0.15) is 19.3 Å². The van der Waals surface area contributed by atoms with Gasteiger partial charge in [-0.1, -0.05) is 13.8 Å². The SMILES string of the molecule is CC.COCCOC(=O)OC(C)COC(C)COC(C)=O. The summed E-state index contributed by atoms with van der Waals surface area (Å²) >= 11 is 0. The molecule has 0 aliphatic rings. The molecule has 126 valence electrons. The molecule has 7 nitrogen and oxygen atoms in total. The predicted molar refractivity (Wildman–Crippen MR) is 77.2 cm³/mol. The van der Waals surface area contributed by atoms with Crippen LogP contribution in [0.4, 0.5) is 4.79 Å². The largest absolute Gasteiger partial charge is 0.508 e. The average molecular weight is 308 g/mol. The molecular formula is C14H28O7. The first kappa shape index (κ1) is 21.9. The Labute approximate surface area is 126 Å². The summed E-state index contributed by atoms with van der Waals surface area (Å²) in [5, 5.41) is 0. The molecule has 0 heterocycles. The number of hydrogen-bond acceptors (Lipinski definition) is 7. The van der Waals surface area contributed by atoms with Gasteiger partial charge >= 0.3 is 12.1 Å². The lowest BCUT2D eigenvalue weighted by Gasteiger charge is -2.17. The smallest absolute Gasteiger partial charge is 0.463 e. The summed E-state index contributed by atoms with van der Waals surface area (Å²) < 4.78 is 24.5. The summed E-state index contributed by atoms with van der Waals surface area (Å²) in [5.41, 5.74) is 0. The average Bonchev–Trinajstić information content (AvgIpc) is 2.45. The summed E-state index contributed by atoms with van der Waals surface area (Å²) in [5.74, 6) is -0.360. The van der Waals surface area contributed by atoms with E-state index >= 15 is 0 Å². The van der Waals surface area contributed by atoms with Gasteiger partial charge in [0.05, 0.1) is 19.3 Å². The highest BCUT2D eigenvalue weighted by atomic mass is 16.7. The van der Waals surface area contributed by atoms with Crippen LogP contribution in [-0.2, 0) is 28.5 Å². The summed E-state index contributed by atoms with van der Waals surface area (Å²) in [6.07, 6.45) is -1.48. The highest BCUT2D eigenvalue weighted by Crippen LogP contribution is 1.99. The molecule has 0 radical (unpaired) electrons. The molecule has 0 N–H and O–H groups in total. The van der Waals surface area contributed by atoms with Gasteiger partial charge in [-0.2, -0.15) is 0 Å². The highest BCUT2D eigenvalue weighted by Gasteiger charge is 2.13. The quantitative estimate of drug-likeness (QED) is 0.477. The standard InChI is InChI=1S/C12H22O7.C2H6/c1-9(7-18-11(3)13)17-8-10(2)19-12(14)16-6-5-15-4;1-2/h9-10H,5-8H2,1-4H3;1-2H3. The van der Waals surface area contributed by atoms with Crippen molar-refractivity contribution < 1.29 is 33.3 Å². The molecule has 0 aliphatic heterocycles. The third-order valence-electron chi connectivity index (χ3n) is 1.94. The molecule has 0 saturated heterocycles. The maximum Gasteiger partial charge on any atom is 0.508 e. The number of rotatable bonds is 9. The number of methoxy groups -OCH3 is 1. The summed E-state index contributed by atoms with van der Waals surface area (Å²) in [6.45, 7) is 9.59. The topological polar surface area (TPSA) is 80.3 Å². The van der Waals surface area contributed by atoms with Crippen LogP contribution in [0.15, 0.2) is 0 Å². The van der Waals surface area contributed by atoms with Gasteiger partial charge in [0.15, 0.2) is 0 Å². The van der Waals surface area contributed by atoms with E-state index < -0.39 is 12.3 Å². The van der Waals surface area contributed by atoms with Gasteiger partial charge in [-0.3, -0.25) is 4.79 Å². The van der Waals surface area contributed by atoms with Crippen molar-refractivity contribution in [1.29, 1.82) is 0 Å². The Kier molecular flexibility index (Phi) is 15.7. The fourth-order valence-electron chi connectivity index (χ4n) is 1.02. The number of carbonyl (C=O) groups excluding carboxylic acids is 2. The molecule has 0 saturated carbocycles.